The second kappa shape index (κ2) is 8.08. The van der Waals surface area contributed by atoms with Crippen LogP contribution in [0.2, 0.25) is 0 Å². The van der Waals surface area contributed by atoms with Crippen LogP contribution in [0.3, 0.4) is 0 Å². The van der Waals surface area contributed by atoms with E-state index in [-0.39, 0.29) is 0 Å². The first-order valence-corrected chi connectivity index (χ1v) is 6.86. The van der Waals surface area contributed by atoms with Crippen LogP contribution in [0.4, 0.5) is 0 Å². The Morgan fingerprint density at radius 2 is 1.81 bits per heavy atom. The Hall–Kier alpha value is -0.0800. The number of nitrogens with zero attached hydrogens (tertiary/aromatic N) is 1. The minimum absolute atomic E-state index is 0.345. The van der Waals surface area contributed by atoms with E-state index in [2.05, 4.69) is 51.9 Å². The molecule has 0 aliphatic rings. The minimum Gasteiger partial charge on any atom is -0.314 e. The minimum atomic E-state index is 0.345. The van der Waals surface area contributed by atoms with Crippen LogP contribution in [-0.4, -0.2) is 37.6 Å². The molecule has 0 amide bonds. The zero-order valence-electron chi connectivity index (χ0n) is 12.3. The molecule has 0 bridgehead atoms. The normalized spacial score (nSPS) is 14.4. The van der Waals surface area contributed by atoms with Crippen LogP contribution in [-0.2, 0) is 0 Å². The molecule has 1 unspecified atom stereocenters. The topological polar surface area (TPSA) is 15.3 Å². The molecule has 1 N–H and O–H groups in total. The first kappa shape index (κ1) is 15.9. The SMILES string of the molecule is CCCCN(C)CC(C)(C)C(C)NCCC. The van der Waals surface area contributed by atoms with Gasteiger partial charge in [0.25, 0.3) is 0 Å². The summed E-state index contributed by atoms with van der Waals surface area (Å²) in [7, 11) is 2.24. The number of nitrogens with one attached hydrogen (secondary N) is 1. The summed E-state index contributed by atoms with van der Waals surface area (Å²) in [6, 6.07) is 0.580. The molecule has 0 aromatic heterocycles. The van der Waals surface area contributed by atoms with E-state index >= 15 is 0 Å². The average molecular weight is 228 g/mol. The summed E-state index contributed by atoms with van der Waals surface area (Å²) in [6.07, 6.45) is 3.81. The molecule has 0 aromatic rings. The zero-order chi connectivity index (χ0) is 12.6. The average Bonchev–Trinajstić information content (AvgIpc) is 2.22. The highest BCUT2D eigenvalue weighted by Gasteiger charge is 2.26. The third kappa shape index (κ3) is 6.49. The van der Waals surface area contributed by atoms with Crippen molar-refractivity contribution in [2.75, 3.05) is 26.7 Å². The Morgan fingerprint density at radius 1 is 1.19 bits per heavy atom. The first-order chi connectivity index (χ1) is 7.44. The maximum absolute atomic E-state index is 3.61. The number of unbranched alkanes of at least 4 members (excludes halogenated alkanes) is 1. The second-order valence-electron chi connectivity index (χ2n) is 5.76. The molecule has 0 saturated carbocycles. The largest absolute Gasteiger partial charge is 0.314 e. The van der Waals surface area contributed by atoms with Crippen molar-refractivity contribution in [3.63, 3.8) is 0 Å². The van der Waals surface area contributed by atoms with Gasteiger partial charge in [0.1, 0.15) is 0 Å². The molecule has 16 heavy (non-hydrogen) atoms. The van der Waals surface area contributed by atoms with Crippen molar-refractivity contribution >= 4 is 0 Å². The van der Waals surface area contributed by atoms with Crippen LogP contribution < -0.4 is 5.32 Å². The van der Waals surface area contributed by atoms with Gasteiger partial charge in [0.05, 0.1) is 0 Å². The molecule has 98 valence electrons. The van der Waals surface area contributed by atoms with Gasteiger partial charge in [-0.25, -0.2) is 0 Å². The fourth-order valence-electron chi connectivity index (χ4n) is 1.98. The van der Waals surface area contributed by atoms with Gasteiger partial charge in [-0.2, -0.15) is 0 Å². The highest BCUT2D eigenvalue weighted by Crippen LogP contribution is 2.21. The van der Waals surface area contributed by atoms with Crippen molar-refractivity contribution in [2.24, 2.45) is 5.41 Å². The molecule has 0 spiro atoms. The van der Waals surface area contributed by atoms with Crippen LogP contribution in [0.5, 0.6) is 0 Å². The van der Waals surface area contributed by atoms with Gasteiger partial charge < -0.3 is 10.2 Å². The van der Waals surface area contributed by atoms with Crippen molar-refractivity contribution in [2.45, 2.75) is 59.9 Å². The maximum atomic E-state index is 3.61. The van der Waals surface area contributed by atoms with E-state index in [1.165, 1.54) is 32.4 Å². The molecule has 0 saturated heterocycles. The summed E-state index contributed by atoms with van der Waals surface area (Å²) < 4.78 is 0. The summed E-state index contributed by atoms with van der Waals surface area (Å²) in [5, 5.41) is 3.61. The Kier molecular flexibility index (Phi) is 8.04. The summed E-state index contributed by atoms with van der Waals surface area (Å²) in [5.41, 5.74) is 0.345. The second-order valence-corrected chi connectivity index (χ2v) is 5.76. The van der Waals surface area contributed by atoms with E-state index in [9.17, 15) is 0 Å². The van der Waals surface area contributed by atoms with Crippen LogP contribution in [0.15, 0.2) is 0 Å². The van der Waals surface area contributed by atoms with E-state index < -0.39 is 0 Å². The molecule has 0 heterocycles. The van der Waals surface area contributed by atoms with Crippen molar-refractivity contribution in [3.8, 4) is 0 Å². The third-order valence-corrected chi connectivity index (χ3v) is 3.44. The lowest BCUT2D eigenvalue weighted by Gasteiger charge is -2.36. The lowest BCUT2D eigenvalue weighted by molar-refractivity contribution is 0.163. The molecule has 0 aliphatic carbocycles. The van der Waals surface area contributed by atoms with E-state index in [4.69, 9.17) is 0 Å². The third-order valence-electron chi connectivity index (χ3n) is 3.44. The molecule has 0 radical (unpaired) electrons. The number of rotatable bonds is 9. The fourth-order valence-corrected chi connectivity index (χ4v) is 1.98. The van der Waals surface area contributed by atoms with Gasteiger partial charge in [-0.1, -0.05) is 34.1 Å². The Labute approximate surface area is 103 Å². The summed E-state index contributed by atoms with van der Waals surface area (Å²) in [4.78, 5) is 2.47. The maximum Gasteiger partial charge on any atom is 0.0102 e. The quantitative estimate of drug-likeness (QED) is 0.652. The van der Waals surface area contributed by atoms with E-state index in [1.807, 2.05) is 0 Å². The summed E-state index contributed by atoms with van der Waals surface area (Å²) >= 11 is 0. The number of hydrogen-bond donors (Lipinski definition) is 1. The van der Waals surface area contributed by atoms with E-state index in [0.29, 0.717) is 11.5 Å². The van der Waals surface area contributed by atoms with Crippen molar-refractivity contribution in [1.82, 2.24) is 10.2 Å². The standard InChI is InChI=1S/C14H32N2/c1-7-9-11-16(6)12-14(4,5)13(3)15-10-8-2/h13,15H,7-12H2,1-6H3. The summed E-state index contributed by atoms with van der Waals surface area (Å²) in [6.45, 7) is 15.0. The molecule has 2 nitrogen and oxygen atoms in total. The molecular formula is C14H32N2. The van der Waals surface area contributed by atoms with E-state index in [0.717, 1.165) is 6.54 Å². The predicted octanol–water partition coefficient (Wildman–Crippen LogP) is 3.13. The van der Waals surface area contributed by atoms with Crippen LogP contribution in [0, 0.1) is 5.41 Å². The predicted molar refractivity (Wildman–Crippen MR) is 73.9 cm³/mol. The molecular weight excluding hydrogens is 196 g/mol. The van der Waals surface area contributed by atoms with Gasteiger partial charge >= 0.3 is 0 Å². The van der Waals surface area contributed by atoms with Gasteiger partial charge in [0.2, 0.25) is 0 Å². The lowest BCUT2D eigenvalue weighted by atomic mass is 9.84. The molecule has 0 aromatic carbocycles. The van der Waals surface area contributed by atoms with Crippen LogP contribution in [0.1, 0.15) is 53.9 Å². The monoisotopic (exact) mass is 228 g/mol. The van der Waals surface area contributed by atoms with Crippen LogP contribution >= 0.6 is 0 Å². The Morgan fingerprint density at radius 3 is 2.31 bits per heavy atom. The highest BCUT2D eigenvalue weighted by molar-refractivity contribution is 4.83. The lowest BCUT2D eigenvalue weighted by Crippen LogP contribution is -2.46. The smallest absolute Gasteiger partial charge is 0.0102 e. The fraction of sp³-hybridized carbons (Fsp3) is 1.00. The molecule has 0 aliphatic heterocycles. The first-order valence-electron chi connectivity index (χ1n) is 6.86. The van der Waals surface area contributed by atoms with Gasteiger partial charge in [-0.15, -0.1) is 0 Å². The van der Waals surface area contributed by atoms with Gasteiger partial charge in [-0.05, 0) is 45.3 Å². The summed E-state index contributed by atoms with van der Waals surface area (Å²) in [5.74, 6) is 0. The molecule has 0 fully saturated rings. The highest BCUT2D eigenvalue weighted by atomic mass is 15.1. The Balaban J connectivity index is 4.00. The molecule has 1 atom stereocenters. The van der Waals surface area contributed by atoms with Gasteiger partial charge in [-0.3, -0.25) is 0 Å². The van der Waals surface area contributed by atoms with Crippen LogP contribution in [0.25, 0.3) is 0 Å². The van der Waals surface area contributed by atoms with Crippen molar-refractivity contribution in [1.29, 1.82) is 0 Å². The van der Waals surface area contributed by atoms with Crippen molar-refractivity contribution in [3.05, 3.63) is 0 Å². The van der Waals surface area contributed by atoms with Gasteiger partial charge in [0.15, 0.2) is 0 Å². The van der Waals surface area contributed by atoms with E-state index in [1.54, 1.807) is 0 Å². The van der Waals surface area contributed by atoms with Crippen molar-refractivity contribution < 1.29 is 0 Å². The number of hydrogen-bond acceptors (Lipinski definition) is 2. The zero-order valence-corrected chi connectivity index (χ0v) is 12.3. The van der Waals surface area contributed by atoms with Gasteiger partial charge in [0, 0.05) is 12.6 Å². The molecule has 2 heteroatoms. The molecule has 0 rings (SSSR count). The Bertz CT molecular complexity index is 166.